The molecule has 2 nitrogen and oxygen atoms in total. The van der Waals surface area contributed by atoms with Crippen LogP contribution < -0.4 is 5.32 Å². The van der Waals surface area contributed by atoms with Gasteiger partial charge in [-0.3, -0.25) is 0 Å². The highest BCUT2D eigenvalue weighted by Crippen LogP contribution is 2.29. The Morgan fingerprint density at radius 3 is 3.00 bits per heavy atom. The number of hydrogen-bond donors (Lipinski definition) is 1. The quantitative estimate of drug-likeness (QED) is 0.767. The third-order valence-corrected chi connectivity index (χ3v) is 4.81. The predicted octanol–water partition coefficient (Wildman–Crippen LogP) is 4.91. The minimum Gasteiger partial charge on any atom is -0.370 e. The van der Waals surface area contributed by atoms with Crippen molar-refractivity contribution >= 4 is 40.5 Å². The summed E-state index contributed by atoms with van der Waals surface area (Å²) in [6.07, 6.45) is 1.09. The molecule has 0 saturated carbocycles. The zero-order valence-corrected chi connectivity index (χ0v) is 12.5. The number of rotatable bonds is 6. The highest BCUT2D eigenvalue weighted by Gasteiger charge is 2.05. The monoisotopic (exact) mass is 298 g/mol. The van der Waals surface area contributed by atoms with Crippen LogP contribution in [0.3, 0.4) is 0 Å². The van der Waals surface area contributed by atoms with E-state index < -0.39 is 0 Å². The van der Waals surface area contributed by atoms with Crippen molar-refractivity contribution in [1.29, 1.82) is 0 Å². The van der Waals surface area contributed by atoms with Crippen LogP contribution in [0.5, 0.6) is 0 Å². The van der Waals surface area contributed by atoms with Crippen LogP contribution >= 0.6 is 34.7 Å². The number of thioether (sulfide) groups is 1. The van der Waals surface area contributed by atoms with E-state index in [1.807, 2.05) is 12.1 Å². The van der Waals surface area contributed by atoms with E-state index in [4.69, 9.17) is 11.6 Å². The molecule has 0 saturated heterocycles. The third kappa shape index (κ3) is 3.90. The molecule has 2 rings (SSSR count). The fraction of sp³-hybridized carbons (Fsp3) is 0.308. The zero-order valence-electron chi connectivity index (χ0n) is 10.1. The van der Waals surface area contributed by atoms with Crippen LogP contribution in [0.15, 0.2) is 33.9 Å². The lowest BCUT2D eigenvalue weighted by Gasteiger charge is -2.07. The molecule has 18 heavy (non-hydrogen) atoms. The SMILES string of the molecule is CCCNc1ccc(Cl)c(CSc2cccs2)n1. The Kier molecular flexibility index (Phi) is 5.35. The molecule has 0 atom stereocenters. The first-order chi connectivity index (χ1) is 8.79. The Labute approximate surface area is 121 Å². The number of anilines is 1. The van der Waals surface area contributed by atoms with Crippen molar-refractivity contribution in [1.82, 2.24) is 4.98 Å². The average Bonchev–Trinajstić information content (AvgIpc) is 2.89. The summed E-state index contributed by atoms with van der Waals surface area (Å²) in [5.74, 6) is 1.71. The number of hydrogen-bond acceptors (Lipinski definition) is 4. The van der Waals surface area contributed by atoms with Gasteiger partial charge in [-0.25, -0.2) is 4.98 Å². The van der Waals surface area contributed by atoms with Gasteiger partial charge >= 0.3 is 0 Å². The van der Waals surface area contributed by atoms with E-state index in [1.54, 1.807) is 23.1 Å². The van der Waals surface area contributed by atoms with E-state index in [1.165, 1.54) is 4.21 Å². The molecule has 1 N–H and O–H groups in total. The van der Waals surface area contributed by atoms with Crippen molar-refractivity contribution in [3.8, 4) is 0 Å². The Morgan fingerprint density at radius 2 is 2.28 bits per heavy atom. The second-order valence-corrected chi connectivity index (χ2v) is 6.40. The van der Waals surface area contributed by atoms with Crippen molar-refractivity contribution in [2.75, 3.05) is 11.9 Å². The topological polar surface area (TPSA) is 24.9 Å². The molecule has 0 spiro atoms. The number of pyridine rings is 1. The van der Waals surface area contributed by atoms with Gasteiger partial charge in [-0.1, -0.05) is 24.6 Å². The van der Waals surface area contributed by atoms with Gasteiger partial charge in [0, 0.05) is 12.3 Å². The van der Waals surface area contributed by atoms with Crippen LogP contribution in [0.4, 0.5) is 5.82 Å². The van der Waals surface area contributed by atoms with E-state index in [9.17, 15) is 0 Å². The molecule has 0 aliphatic carbocycles. The van der Waals surface area contributed by atoms with E-state index in [-0.39, 0.29) is 0 Å². The van der Waals surface area contributed by atoms with E-state index in [0.717, 1.165) is 35.3 Å². The largest absolute Gasteiger partial charge is 0.370 e. The lowest BCUT2D eigenvalue weighted by molar-refractivity contribution is 0.965. The van der Waals surface area contributed by atoms with Gasteiger partial charge in [-0.05, 0) is 30.0 Å². The maximum Gasteiger partial charge on any atom is 0.126 e. The van der Waals surface area contributed by atoms with Crippen molar-refractivity contribution in [3.05, 3.63) is 40.4 Å². The molecular formula is C13H15ClN2S2. The molecule has 2 aromatic rings. The number of aromatic nitrogens is 1. The van der Waals surface area contributed by atoms with Crippen LogP contribution in [-0.2, 0) is 5.75 Å². The molecule has 0 radical (unpaired) electrons. The predicted molar refractivity (Wildman–Crippen MR) is 81.9 cm³/mol. The van der Waals surface area contributed by atoms with Crippen molar-refractivity contribution in [3.63, 3.8) is 0 Å². The van der Waals surface area contributed by atoms with Crippen LogP contribution in [0, 0.1) is 0 Å². The lowest BCUT2D eigenvalue weighted by atomic mass is 10.3. The molecule has 2 heterocycles. The summed E-state index contributed by atoms with van der Waals surface area (Å²) in [5, 5.41) is 6.10. The molecule has 0 aliphatic rings. The van der Waals surface area contributed by atoms with Crippen LogP contribution in [-0.4, -0.2) is 11.5 Å². The lowest BCUT2D eigenvalue weighted by Crippen LogP contribution is -2.03. The van der Waals surface area contributed by atoms with Gasteiger partial charge < -0.3 is 5.32 Å². The average molecular weight is 299 g/mol. The Bertz CT molecular complexity index is 486. The minimum atomic E-state index is 0.737. The van der Waals surface area contributed by atoms with Crippen LogP contribution in [0.25, 0.3) is 0 Å². The summed E-state index contributed by atoms with van der Waals surface area (Å²) in [4.78, 5) is 4.55. The highest BCUT2D eigenvalue weighted by molar-refractivity contribution is 8.00. The van der Waals surface area contributed by atoms with Crippen molar-refractivity contribution < 1.29 is 0 Å². The maximum absolute atomic E-state index is 6.17. The Morgan fingerprint density at radius 1 is 1.39 bits per heavy atom. The molecule has 0 aliphatic heterocycles. The Balaban J connectivity index is 2.01. The Hall–Kier alpha value is -0.710. The molecule has 0 unspecified atom stereocenters. The molecule has 0 aromatic carbocycles. The molecule has 5 heteroatoms. The number of nitrogens with zero attached hydrogens (tertiary/aromatic N) is 1. The van der Waals surface area contributed by atoms with E-state index in [0.29, 0.717) is 0 Å². The van der Waals surface area contributed by atoms with Gasteiger partial charge in [-0.15, -0.1) is 23.1 Å². The first-order valence-electron chi connectivity index (χ1n) is 5.85. The summed E-state index contributed by atoms with van der Waals surface area (Å²) in [7, 11) is 0. The first kappa shape index (κ1) is 13.7. The van der Waals surface area contributed by atoms with Crippen LogP contribution in [0.1, 0.15) is 19.0 Å². The van der Waals surface area contributed by atoms with Gasteiger partial charge in [-0.2, -0.15) is 0 Å². The molecule has 0 amide bonds. The minimum absolute atomic E-state index is 0.737. The summed E-state index contributed by atoms with van der Waals surface area (Å²) < 4.78 is 1.29. The highest BCUT2D eigenvalue weighted by atomic mass is 35.5. The molecule has 0 bridgehead atoms. The fourth-order valence-electron chi connectivity index (χ4n) is 1.42. The number of halogens is 1. The van der Waals surface area contributed by atoms with Gasteiger partial charge in [0.2, 0.25) is 0 Å². The summed E-state index contributed by atoms with van der Waals surface area (Å²) >= 11 is 9.68. The second-order valence-electron chi connectivity index (χ2n) is 3.77. The van der Waals surface area contributed by atoms with Crippen LogP contribution in [0.2, 0.25) is 5.02 Å². The molecule has 96 valence electrons. The van der Waals surface area contributed by atoms with Gasteiger partial charge in [0.15, 0.2) is 0 Å². The fourth-order valence-corrected chi connectivity index (χ4v) is 3.41. The zero-order chi connectivity index (χ0) is 12.8. The third-order valence-electron chi connectivity index (χ3n) is 2.32. The van der Waals surface area contributed by atoms with Gasteiger partial charge in [0.25, 0.3) is 0 Å². The molecule has 2 aromatic heterocycles. The number of nitrogens with one attached hydrogen (secondary N) is 1. The van der Waals surface area contributed by atoms with Gasteiger partial charge in [0.05, 0.1) is 14.9 Å². The maximum atomic E-state index is 6.17. The summed E-state index contributed by atoms with van der Waals surface area (Å²) in [5.41, 5.74) is 0.941. The second kappa shape index (κ2) is 7.02. The van der Waals surface area contributed by atoms with Crippen molar-refractivity contribution in [2.24, 2.45) is 0 Å². The van der Waals surface area contributed by atoms with E-state index in [2.05, 4.69) is 34.7 Å². The molecule has 0 fully saturated rings. The standard InChI is InChI=1S/C13H15ClN2S2/c1-2-7-15-12-6-5-10(14)11(16-12)9-18-13-4-3-8-17-13/h3-6,8H,2,7,9H2,1H3,(H,15,16). The smallest absolute Gasteiger partial charge is 0.126 e. The molecular weight excluding hydrogens is 284 g/mol. The first-order valence-corrected chi connectivity index (χ1v) is 8.09. The van der Waals surface area contributed by atoms with E-state index >= 15 is 0 Å². The van der Waals surface area contributed by atoms with Crippen molar-refractivity contribution in [2.45, 2.75) is 23.3 Å². The summed E-state index contributed by atoms with van der Waals surface area (Å²) in [6.45, 7) is 3.07. The van der Waals surface area contributed by atoms with Gasteiger partial charge in [0.1, 0.15) is 5.82 Å². The summed E-state index contributed by atoms with van der Waals surface area (Å²) in [6, 6.07) is 8.01. The number of thiophene rings is 1. The normalized spacial score (nSPS) is 10.6.